The summed E-state index contributed by atoms with van der Waals surface area (Å²) in [5.74, 6) is 1.27. The normalized spacial score (nSPS) is 13.7. The number of benzene rings is 3. The first kappa shape index (κ1) is 31.6. The van der Waals surface area contributed by atoms with Crippen molar-refractivity contribution in [3.8, 4) is 17.2 Å². The van der Waals surface area contributed by atoms with Gasteiger partial charge in [-0.1, -0.05) is 87.4 Å². The highest BCUT2D eigenvalue weighted by Crippen LogP contribution is 2.45. The van der Waals surface area contributed by atoms with E-state index in [1.807, 2.05) is 18.2 Å². The third-order valence-electron chi connectivity index (χ3n) is 8.45. The molecule has 0 aromatic heterocycles. The lowest BCUT2D eigenvalue weighted by atomic mass is 9.74. The molecule has 40 heavy (non-hydrogen) atoms. The lowest BCUT2D eigenvalue weighted by molar-refractivity contribution is 0.444. The molecule has 0 aliphatic rings. The van der Waals surface area contributed by atoms with Crippen molar-refractivity contribution in [3.63, 3.8) is 0 Å². The first-order valence-electron chi connectivity index (χ1n) is 14.6. The Bertz CT molecular complexity index is 1320. The van der Waals surface area contributed by atoms with E-state index in [1.54, 1.807) is 0 Å². The number of hydrogen-bond donors (Lipinski definition) is 3. The zero-order valence-corrected chi connectivity index (χ0v) is 27.2. The maximum absolute atomic E-state index is 10.9. The lowest BCUT2D eigenvalue weighted by Gasteiger charge is -2.31. The van der Waals surface area contributed by atoms with Crippen LogP contribution in [0.15, 0.2) is 36.4 Å². The number of phenols is 3. The summed E-state index contributed by atoms with van der Waals surface area (Å²) >= 11 is 0. The van der Waals surface area contributed by atoms with Gasteiger partial charge in [0, 0.05) is 5.92 Å². The average Bonchev–Trinajstić information content (AvgIpc) is 2.75. The van der Waals surface area contributed by atoms with E-state index < -0.39 is 0 Å². The van der Waals surface area contributed by atoms with Gasteiger partial charge in [0.1, 0.15) is 17.2 Å². The Hall–Kier alpha value is -2.94. The Morgan fingerprint density at radius 1 is 0.500 bits per heavy atom. The number of aryl methyl sites for hydroxylation is 3. The number of aromatic hydroxyl groups is 3. The fraction of sp³-hybridized carbons (Fsp3) is 0.514. The molecule has 0 aliphatic heterocycles. The minimum Gasteiger partial charge on any atom is -0.508 e. The smallest absolute Gasteiger partial charge is 0.119 e. The molecule has 3 N–H and O–H groups in total. The fourth-order valence-electron chi connectivity index (χ4n) is 6.11. The van der Waals surface area contributed by atoms with Crippen LogP contribution in [0.25, 0.3) is 0 Å². The predicted octanol–water partition coefficient (Wildman–Crippen LogP) is 9.95. The lowest BCUT2D eigenvalue weighted by Crippen LogP contribution is -2.17. The molecule has 0 saturated heterocycles. The summed E-state index contributed by atoms with van der Waals surface area (Å²) in [6, 6.07) is 12.3. The van der Waals surface area contributed by atoms with Gasteiger partial charge in [0.05, 0.1) is 0 Å². The van der Waals surface area contributed by atoms with Crippen molar-refractivity contribution in [1.82, 2.24) is 0 Å². The van der Waals surface area contributed by atoms with Crippen LogP contribution in [0.3, 0.4) is 0 Å². The predicted molar refractivity (Wildman–Crippen MR) is 170 cm³/mol. The highest BCUT2D eigenvalue weighted by Gasteiger charge is 2.29. The molecule has 0 spiro atoms. The second-order valence-corrected chi connectivity index (χ2v) is 15.1. The van der Waals surface area contributed by atoms with Gasteiger partial charge < -0.3 is 15.3 Å². The highest BCUT2D eigenvalue weighted by atomic mass is 16.3. The van der Waals surface area contributed by atoms with E-state index in [2.05, 4.69) is 108 Å². The van der Waals surface area contributed by atoms with Gasteiger partial charge in [-0.25, -0.2) is 0 Å². The number of rotatable bonds is 5. The molecule has 3 rings (SSSR count). The molecule has 0 fully saturated rings. The third kappa shape index (κ3) is 6.51. The Balaban J connectivity index is 2.30. The summed E-state index contributed by atoms with van der Waals surface area (Å²) in [4.78, 5) is 0. The zero-order chi connectivity index (χ0) is 30.5. The monoisotopic (exact) mass is 544 g/mol. The summed E-state index contributed by atoms with van der Waals surface area (Å²) < 4.78 is 0. The van der Waals surface area contributed by atoms with E-state index in [9.17, 15) is 15.3 Å². The standard InChI is InChI=1S/C37H52O3/c1-21(25-18-29(35(5,6)7)32(38)15-22(25)2)14-28(26-19-30(36(8,9)10)33(39)16-23(26)3)27-20-31(37(11,12)13)34(40)17-24(27)4/h15-21,28,38-40H,14H2,1-13H3. The van der Waals surface area contributed by atoms with Gasteiger partial charge in [-0.15, -0.1) is 0 Å². The topological polar surface area (TPSA) is 60.7 Å². The Morgan fingerprint density at radius 3 is 1.07 bits per heavy atom. The van der Waals surface area contributed by atoms with E-state index >= 15 is 0 Å². The summed E-state index contributed by atoms with van der Waals surface area (Å²) in [7, 11) is 0. The van der Waals surface area contributed by atoms with Crippen LogP contribution in [-0.2, 0) is 16.2 Å². The molecule has 0 bridgehead atoms. The van der Waals surface area contributed by atoms with Crippen molar-refractivity contribution in [2.75, 3.05) is 0 Å². The van der Waals surface area contributed by atoms with E-state index in [-0.39, 0.29) is 28.1 Å². The molecule has 3 aromatic carbocycles. The SMILES string of the molecule is Cc1cc(O)c(C(C)(C)C)cc1C(C)CC(c1cc(C(C)(C)C)c(O)cc1C)c1cc(C(C)(C)C)c(O)cc1C. The number of phenolic OH excluding ortho intramolecular Hbond substituents is 3. The Labute approximate surface area is 243 Å². The quantitative estimate of drug-likeness (QED) is 0.299. The molecule has 0 aliphatic carbocycles. The summed E-state index contributed by atoms with van der Waals surface area (Å²) in [6.45, 7) is 27.7. The average molecular weight is 545 g/mol. The molecule has 3 heteroatoms. The maximum atomic E-state index is 10.9. The molecular formula is C37H52O3. The van der Waals surface area contributed by atoms with Crippen molar-refractivity contribution in [1.29, 1.82) is 0 Å². The van der Waals surface area contributed by atoms with E-state index in [0.717, 1.165) is 39.8 Å². The van der Waals surface area contributed by atoms with Crippen LogP contribution >= 0.6 is 0 Å². The first-order valence-corrected chi connectivity index (χ1v) is 14.6. The van der Waals surface area contributed by atoms with Crippen LogP contribution in [-0.4, -0.2) is 15.3 Å². The second kappa shape index (κ2) is 10.8. The van der Waals surface area contributed by atoms with Crippen molar-refractivity contribution < 1.29 is 15.3 Å². The molecule has 3 aromatic rings. The third-order valence-corrected chi connectivity index (χ3v) is 8.45. The highest BCUT2D eigenvalue weighted by molar-refractivity contribution is 5.53. The maximum Gasteiger partial charge on any atom is 0.119 e. The molecular weight excluding hydrogens is 492 g/mol. The molecule has 0 saturated carbocycles. The summed E-state index contributed by atoms with van der Waals surface area (Å²) in [6.07, 6.45) is 0.847. The minimum absolute atomic E-state index is 0.0460. The molecule has 0 heterocycles. The largest absolute Gasteiger partial charge is 0.508 e. The van der Waals surface area contributed by atoms with Gasteiger partial charge >= 0.3 is 0 Å². The van der Waals surface area contributed by atoms with Gasteiger partial charge in [-0.2, -0.15) is 0 Å². The van der Waals surface area contributed by atoms with Crippen molar-refractivity contribution in [2.45, 2.75) is 125 Å². The molecule has 218 valence electrons. The van der Waals surface area contributed by atoms with E-state index in [4.69, 9.17) is 0 Å². The van der Waals surface area contributed by atoms with Gasteiger partial charge in [0.15, 0.2) is 0 Å². The molecule has 1 atom stereocenters. The van der Waals surface area contributed by atoms with Crippen LogP contribution in [0.2, 0.25) is 0 Å². The van der Waals surface area contributed by atoms with Crippen LogP contribution in [0.1, 0.15) is 138 Å². The van der Waals surface area contributed by atoms with E-state index in [0.29, 0.717) is 17.2 Å². The van der Waals surface area contributed by atoms with Crippen molar-refractivity contribution in [3.05, 3.63) is 86.5 Å². The molecule has 0 radical (unpaired) electrons. The fourth-order valence-corrected chi connectivity index (χ4v) is 6.11. The van der Waals surface area contributed by atoms with Gasteiger partial charge in [0.25, 0.3) is 0 Å². The van der Waals surface area contributed by atoms with Gasteiger partial charge in [0.2, 0.25) is 0 Å². The van der Waals surface area contributed by atoms with Gasteiger partial charge in [-0.05, 0) is 118 Å². The van der Waals surface area contributed by atoms with Crippen LogP contribution in [0.5, 0.6) is 17.2 Å². The minimum atomic E-state index is -0.210. The Kier molecular flexibility index (Phi) is 8.53. The van der Waals surface area contributed by atoms with E-state index in [1.165, 1.54) is 16.7 Å². The summed E-state index contributed by atoms with van der Waals surface area (Å²) in [5, 5.41) is 32.6. The van der Waals surface area contributed by atoms with Crippen LogP contribution < -0.4 is 0 Å². The van der Waals surface area contributed by atoms with Crippen molar-refractivity contribution >= 4 is 0 Å². The van der Waals surface area contributed by atoms with Crippen LogP contribution in [0, 0.1) is 20.8 Å². The Morgan fingerprint density at radius 2 is 0.775 bits per heavy atom. The second-order valence-electron chi connectivity index (χ2n) is 15.1. The zero-order valence-electron chi connectivity index (χ0n) is 27.2. The van der Waals surface area contributed by atoms with Crippen LogP contribution in [0.4, 0.5) is 0 Å². The molecule has 1 unspecified atom stereocenters. The summed E-state index contributed by atoms with van der Waals surface area (Å²) in [5.41, 5.74) is 9.11. The molecule has 0 amide bonds. The van der Waals surface area contributed by atoms with Gasteiger partial charge in [-0.3, -0.25) is 0 Å². The molecule has 3 nitrogen and oxygen atoms in total. The number of hydrogen-bond acceptors (Lipinski definition) is 3. The van der Waals surface area contributed by atoms with Crippen molar-refractivity contribution in [2.24, 2.45) is 0 Å². The first-order chi connectivity index (χ1) is 18.1.